The zero-order valence-corrected chi connectivity index (χ0v) is 17.9. The van der Waals surface area contributed by atoms with Gasteiger partial charge in [0.1, 0.15) is 17.2 Å². The topological polar surface area (TPSA) is 64.2 Å². The zero-order valence-electron chi connectivity index (χ0n) is 17.9. The second-order valence-corrected chi connectivity index (χ2v) is 7.69. The summed E-state index contributed by atoms with van der Waals surface area (Å²) in [6, 6.07) is 19.5. The van der Waals surface area contributed by atoms with E-state index in [4.69, 9.17) is 0 Å². The number of carbonyl (C=O) groups excluding carboxylic acids is 1. The molecule has 0 aliphatic rings. The van der Waals surface area contributed by atoms with Crippen molar-refractivity contribution in [1.82, 2.24) is 19.2 Å². The molecular formula is C25H18F3N5O. The first-order valence-electron chi connectivity index (χ1n) is 10.4. The Labute approximate surface area is 192 Å². The number of nitrogens with zero attached hydrogens (tertiary/aromatic N) is 4. The van der Waals surface area contributed by atoms with Gasteiger partial charge in [-0.1, -0.05) is 36.4 Å². The lowest BCUT2D eigenvalue weighted by Gasteiger charge is -2.14. The molecule has 2 aromatic carbocycles. The number of nitrogens with one attached hydrogen (secondary N) is 1. The van der Waals surface area contributed by atoms with Gasteiger partial charge in [0.2, 0.25) is 0 Å². The molecule has 3 aromatic heterocycles. The smallest absolute Gasteiger partial charge is 0.306 e. The van der Waals surface area contributed by atoms with Crippen LogP contribution in [0.5, 0.6) is 0 Å². The number of anilines is 1. The molecule has 0 spiro atoms. The van der Waals surface area contributed by atoms with E-state index in [2.05, 4.69) is 15.4 Å². The van der Waals surface area contributed by atoms with Crippen LogP contribution in [0.3, 0.4) is 0 Å². The second-order valence-electron chi connectivity index (χ2n) is 7.69. The molecule has 5 aromatic rings. The van der Waals surface area contributed by atoms with Gasteiger partial charge in [-0.2, -0.15) is 18.3 Å². The number of pyridine rings is 1. The van der Waals surface area contributed by atoms with Gasteiger partial charge in [-0.3, -0.25) is 13.9 Å². The minimum absolute atomic E-state index is 0.0681. The molecule has 0 saturated heterocycles. The summed E-state index contributed by atoms with van der Waals surface area (Å²) in [4.78, 5) is 17.9. The molecule has 0 radical (unpaired) electrons. The standard InChI is InChI=1S/C25H18F3N5O/c1-32-14-12-20(31-32)18-15-17(10-11-19(18)25(26,27)28)24(34)30-23-22(16-7-3-2-4-8-16)29-21-9-5-6-13-33(21)23/h2-15H,1H3,(H,30,34). The van der Waals surface area contributed by atoms with Gasteiger partial charge in [0, 0.05) is 36.1 Å². The van der Waals surface area contributed by atoms with Crippen LogP contribution in [0.15, 0.2) is 85.2 Å². The third kappa shape index (κ3) is 3.92. The largest absolute Gasteiger partial charge is 0.417 e. The summed E-state index contributed by atoms with van der Waals surface area (Å²) in [7, 11) is 1.61. The van der Waals surface area contributed by atoms with Crippen molar-refractivity contribution in [3.63, 3.8) is 0 Å². The Morgan fingerprint density at radius 1 is 0.941 bits per heavy atom. The number of imidazole rings is 1. The van der Waals surface area contributed by atoms with Gasteiger partial charge in [0.25, 0.3) is 5.91 Å². The monoisotopic (exact) mass is 461 g/mol. The number of carbonyl (C=O) groups is 1. The van der Waals surface area contributed by atoms with Crippen molar-refractivity contribution < 1.29 is 18.0 Å². The molecule has 9 heteroatoms. The van der Waals surface area contributed by atoms with E-state index in [9.17, 15) is 18.0 Å². The minimum Gasteiger partial charge on any atom is -0.306 e. The number of hydrogen-bond donors (Lipinski definition) is 1. The number of rotatable bonds is 4. The average molecular weight is 461 g/mol. The number of fused-ring (bicyclic) bond motifs is 1. The van der Waals surface area contributed by atoms with Crippen LogP contribution in [0, 0.1) is 0 Å². The van der Waals surface area contributed by atoms with E-state index in [1.54, 1.807) is 36.0 Å². The van der Waals surface area contributed by atoms with Crippen LogP contribution in [0.1, 0.15) is 15.9 Å². The highest BCUT2D eigenvalue weighted by molar-refractivity contribution is 6.06. The first kappa shape index (κ1) is 21.4. The highest BCUT2D eigenvalue weighted by Gasteiger charge is 2.34. The highest BCUT2D eigenvalue weighted by Crippen LogP contribution is 2.37. The molecule has 1 amide bonds. The predicted molar refractivity (Wildman–Crippen MR) is 122 cm³/mol. The quantitative estimate of drug-likeness (QED) is 0.375. The number of aromatic nitrogens is 4. The van der Waals surface area contributed by atoms with E-state index in [-0.39, 0.29) is 16.8 Å². The molecule has 0 atom stereocenters. The second kappa shape index (κ2) is 8.18. The van der Waals surface area contributed by atoms with Gasteiger partial charge in [-0.15, -0.1) is 0 Å². The highest BCUT2D eigenvalue weighted by atomic mass is 19.4. The fourth-order valence-electron chi connectivity index (χ4n) is 3.80. The maximum Gasteiger partial charge on any atom is 0.417 e. The van der Waals surface area contributed by atoms with Crippen LogP contribution in [0.4, 0.5) is 19.0 Å². The maximum atomic E-state index is 13.6. The fourth-order valence-corrected chi connectivity index (χ4v) is 3.80. The van der Waals surface area contributed by atoms with Crippen LogP contribution >= 0.6 is 0 Å². The summed E-state index contributed by atoms with van der Waals surface area (Å²) < 4.78 is 44.1. The summed E-state index contributed by atoms with van der Waals surface area (Å²) in [5.41, 5.74) is 1.14. The Kier molecular flexibility index (Phi) is 5.16. The maximum absolute atomic E-state index is 13.6. The summed E-state index contributed by atoms with van der Waals surface area (Å²) in [5, 5.41) is 6.94. The first-order valence-corrected chi connectivity index (χ1v) is 10.4. The SMILES string of the molecule is Cn1ccc(-c2cc(C(=O)Nc3c(-c4ccccc4)nc4ccccn34)ccc2C(F)(F)F)n1. The molecule has 34 heavy (non-hydrogen) atoms. The van der Waals surface area contributed by atoms with Crippen molar-refractivity contribution in [3.8, 4) is 22.5 Å². The van der Waals surface area contributed by atoms with Crippen molar-refractivity contribution >= 4 is 17.4 Å². The summed E-state index contributed by atoms with van der Waals surface area (Å²) in [6.45, 7) is 0. The van der Waals surface area contributed by atoms with E-state index in [0.717, 1.165) is 17.7 Å². The van der Waals surface area contributed by atoms with Gasteiger partial charge in [0.05, 0.1) is 11.3 Å². The lowest BCUT2D eigenvalue weighted by Crippen LogP contribution is -2.15. The summed E-state index contributed by atoms with van der Waals surface area (Å²) in [6.07, 6.45) is -1.28. The molecule has 0 unspecified atom stereocenters. The Morgan fingerprint density at radius 2 is 1.71 bits per heavy atom. The van der Waals surface area contributed by atoms with Crippen molar-refractivity contribution in [2.24, 2.45) is 7.05 Å². The third-order valence-corrected chi connectivity index (χ3v) is 5.39. The van der Waals surface area contributed by atoms with Gasteiger partial charge in [-0.25, -0.2) is 4.98 Å². The Hall–Kier alpha value is -4.40. The molecule has 0 fully saturated rings. The van der Waals surface area contributed by atoms with Crippen molar-refractivity contribution in [2.45, 2.75) is 6.18 Å². The Balaban J connectivity index is 1.58. The molecule has 6 nitrogen and oxygen atoms in total. The normalized spacial score (nSPS) is 11.6. The molecule has 0 aliphatic heterocycles. The first-order chi connectivity index (χ1) is 16.3. The Morgan fingerprint density at radius 3 is 2.41 bits per heavy atom. The van der Waals surface area contributed by atoms with E-state index < -0.39 is 17.6 Å². The molecular weight excluding hydrogens is 443 g/mol. The third-order valence-electron chi connectivity index (χ3n) is 5.39. The van der Waals surface area contributed by atoms with E-state index in [0.29, 0.717) is 17.2 Å². The van der Waals surface area contributed by atoms with Gasteiger partial charge >= 0.3 is 6.18 Å². The van der Waals surface area contributed by atoms with Gasteiger partial charge in [-0.05, 0) is 36.4 Å². The number of hydrogen-bond acceptors (Lipinski definition) is 3. The minimum atomic E-state index is -4.59. The van der Waals surface area contributed by atoms with Crippen molar-refractivity contribution in [1.29, 1.82) is 0 Å². The van der Waals surface area contributed by atoms with Gasteiger partial charge in [0.15, 0.2) is 0 Å². The molecule has 1 N–H and O–H groups in total. The van der Waals surface area contributed by atoms with E-state index in [1.165, 1.54) is 16.8 Å². The fraction of sp³-hybridized carbons (Fsp3) is 0.0800. The number of amides is 1. The summed E-state index contributed by atoms with van der Waals surface area (Å²) >= 11 is 0. The van der Waals surface area contributed by atoms with Crippen LogP contribution in [-0.4, -0.2) is 25.1 Å². The van der Waals surface area contributed by atoms with Crippen LogP contribution in [0.25, 0.3) is 28.2 Å². The van der Waals surface area contributed by atoms with Crippen LogP contribution < -0.4 is 5.32 Å². The van der Waals surface area contributed by atoms with Gasteiger partial charge < -0.3 is 5.32 Å². The number of aryl methyl sites for hydroxylation is 1. The number of benzene rings is 2. The zero-order chi connectivity index (χ0) is 23.9. The van der Waals surface area contributed by atoms with Crippen LogP contribution in [0.2, 0.25) is 0 Å². The van der Waals surface area contributed by atoms with Crippen molar-refractivity contribution in [3.05, 3.63) is 96.3 Å². The van der Waals surface area contributed by atoms with Crippen molar-refractivity contribution in [2.75, 3.05) is 5.32 Å². The van der Waals surface area contributed by atoms with E-state index >= 15 is 0 Å². The average Bonchev–Trinajstić information content (AvgIpc) is 3.42. The van der Waals surface area contributed by atoms with Crippen LogP contribution in [-0.2, 0) is 13.2 Å². The lowest BCUT2D eigenvalue weighted by molar-refractivity contribution is -0.137. The lowest BCUT2D eigenvalue weighted by atomic mass is 10.0. The molecule has 5 rings (SSSR count). The number of halogens is 3. The predicted octanol–water partition coefficient (Wildman–Crippen LogP) is 5.67. The Bertz CT molecular complexity index is 1500. The molecule has 3 heterocycles. The summed E-state index contributed by atoms with van der Waals surface area (Å²) in [5.74, 6) is -0.139. The van der Waals surface area contributed by atoms with E-state index in [1.807, 2.05) is 36.4 Å². The molecule has 0 saturated carbocycles. The molecule has 0 aliphatic carbocycles. The molecule has 0 bridgehead atoms. The molecule has 170 valence electrons. The number of alkyl halides is 3.